The molecular formula is C28H28FN3O3. The van der Waals surface area contributed by atoms with E-state index in [2.05, 4.69) is 10.3 Å². The van der Waals surface area contributed by atoms with E-state index >= 15 is 0 Å². The first-order valence-corrected chi connectivity index (χ1v) is 11.7. The van der Waals surface area contributed by atoms with Crippen LogP contribution in [0.1, 0.15) is 36.1 Å². The lowest BCUT2D eigenvalue weighted by atomic mass is 10.1. The van der Waals surface area contributed by atoms with Gasteiger partial charge in [0, 0.05) is 25.4 Å². The molecule has 7 heteroatoms. The number of benzene rings is 2. The lowest BCUT2D eigenvalue weighted by Gasteiger charge is -2.29. The van der Waals surface area contributed by atoms with Crippen LogP contribution >= 0.6 is 0 Å². The molecule has 35 heavy (non-hydrogen) atoms. The fourth-order valence-corrected chi connectivity index (χ4v) is 3.96. The third-order valence-corrected chi connectivity index (χ3v) is 5.82. The Bertz CT molecular complexity index is 1170. The Balaban J connectivity index is 1.48. The third kappa shape index (κ3) is 6.99. The van der Waals surface area contributed by atoms with Crippen LogP contribution in [-0.2, 0) is 22.7 Å². The van der Waals surface area contributed by atoms with Gasteiger partial charge in [-0.05, 0) is 72.9 Å². The van der Waals surface area contributed by atoms with Gasteiger partial charge in [-0.25, -0.2) is 4.39 Å². The molecule has 4 rings (SSSR count). The predicted molar refractivity (Wildman–Crippen MR) is 132 cm³/mol. The van der Waals surface area contributed by atoms with Gasteiger partial charge >= 0.3 is 0 Å². The number of rotatable bonds is 8. The zero-order chi connectivity index (χ0) is 24.5. The molecule has 0 spiro atoms. The minimum Gasteiger partial charge on any atom is -0.487 e. The zero-order valence-corrected chi connectivity index (χ0v) is 19.4. The van der Waals surface area contributed by atoms with Gasteiger partial charge in [-0.3, -0.25) is 14.6 Å². The van der Waals surface area contributed by atoms with Crippen LogP contribution in [0.3, 0.4) is 0 Å². The number of nitrogens with zero attached hydrogens (tertiary/aromatic N) is 2. The quantitative estimate of drug-likeness (QED) is 0.489. The molecular weight excluding hydrogens is 445 g/mol. The van der Waals surface area contributed by atoms with Gasteiger partial charge in [0.15, 0.2) is 0 Å². The van der Waals surface area contributed by atoms with Crippen molar-refractivity contribution >= 4 is 17.9 Å². The molecule has 1 atom stereocenters. The van der Waals surface area contributed by atoms with Gasteiger partial charge in [0.25, 0.3) is 0 Å². The molecule has 2 aromatic carbocycles. The predicted octanol–water partition coefficient (Wildman–Crippen LogP) is 4.51. The number of ether oxygens (including phenoxy) is 1. The van der Waals surface area contributed by atoms with Gasteiger partial charge in [0.1, 0.15) is 24.2 Å². The van der Waals surface area contributed by atoms with E-state index in [0.717, 1.165) is 24.1 Å². The Morgan fingerprint density at radius 1 is 1.11 bits per heavy atom. The lowest BCUT2D eigenvalue weighted by molar-refractivity contribution is -0.137. The molecule has 1 fully saturated rings. The first-order chi connectivity index (χ1) is 17.1. The Hall–Kier alpha value is -4.00. The molecule has 1 N–H and O–H groups in total. The number of aromatic nitrogens is 1. The first kappa shape index (κ1) is 24.1. The highest BCUT2D eigenvalue weighted by atomic mass is 19.1. The summed E-state index contributed by atoms with van der Waals surface area (Å²) in [4.78, 5) is 31.8. The van der Waals surface area contributed by atoms with Crippen LogP contribution in [-0.4, -0.2) is 34.3 Å². The molecule has 0 saturated carbocycles. The van der Waals surface area contributed by atoms with E-state index < -0.39 is 6.04 Å². The molecule has 0 radical (unpaired) electrons. The molecule has 0 unspecified atom stereocenters. The second kappa shape index (κ2) is 11.9. The van der Waals surface area contributed by atoms with E-state index in [0.29, 0.717) is 30.9 Å². The standard InChI is InChI=1S/C28H28FN3O3/c29-23-7-5-6-21(18-23)12-15-27(33)32(26-9-2-4-17-31-28(26)34)19-22-10-13-25(14-11-22)35-20-24-8-1-3-16-30-24/h1,3,5-8,10-16,18,26H,2,4,9,17,19-20H2,(H,31,34)/b15-12+/t26-/m0/s1. The molecule has 3 aromatic rings. The highest BCUT2D eigenvalue weighted by Crippen LogP contribution is 2.20. The lowest BCUT2D eigenvalue weighted by Crippen LogP contribution is -2.47. The van der Waals surface area contributed by atoms with E-state index in [1.165, 1.54) is 18.2 Å². The molecule has 1 aliphatic rings. The summed E-state index contributed by atoms with van der Waals surface area (Å²) in [6.07, 6.45) is 7.02. The summed E-state index contributed by atoms with van der Waals surface area (Å²) >= 11 is 0. The number of hydrogen-bond donors (Lipinski definition) is 1. The van der Waals surface area contributed by atoms with Crippen LogP contribution in [0, 0.1) is 5.82 Å². The van der Waals surface area contributed by atoms with Crippen molar-refractivity contribution in [1.82, 2.24) is 15.2 Å². The molecule has 180 valence electrons. The Morgan fingerprint density at radius 2 is 1.97 bits per heavy atom. The Labute approximate surface area is 204 Å². The van der Waals surface area contributed by atoms with Crippen molar-refractivity contribution in [1.29, 1.82) is 0 Å². The Morgan fingerprint density at radius 3 is 2.74 bits per heavy atom. The summed E-state index contributed by atoms with van der Waals surface area (Å²) in [5.41, 5.74) is 2.29. The molecule has 1 aliphatic heterocycles. The van der Waals surface area contributed by atoms with E-state index in [-0.39, 0.29) is 24.2 Å². The van der Waals surface area contributed by atoms with Crippen LogP contribution in [0.5, 0.6) is 5.75 Å². The molecule has 0 aliphatic carbocycles. The molecule has 1 saturated heterocycles. The maximum atomic E-state index is 13.5. The van der Waals surface area contributed by atoms with Gasteiger partial charge in [0.05, 0.1) is 5.69 Å². The second-order valence-electron chi connectivity index (χ2n) is 8.41. The van der Waals surface area contributed by atoms with Crippen molar-refractivity contribution in [3.8, 4) is 5.75 Å². The maximum Gasteiger partial charge on any atom is 0.247 e. The maximum absolute atomic E-state index is 13.5. The normalized spacial score (nSPS) is 15.9. The Kier molecular flexibility index (Phi) is 8.22. The summed E-state index contributed by atoms with van der Waals surface area (Å²) in [5.74, 6) is -0.127. The number of amides is 2. The van der Waals surface area contributed by atoms with Crippen molar-refractivity contribution in [2.24, 2.45) is 0 Å². The highest BCUT2D eigenvalue weighted by molar-refractivity contribution is 5.95. The van der Waals surface area contributed by atoms with Crippen LogP contribution < -0.4 is 10.1 Å². The summed E-state index contributed by atoms with van der Waals surface area (Å²) in [7, 11) is 0. The number of halogens is 1. The average Bonchev–Trinajstić information content (AvgIpc) is 3.10. The molecule has 2 amide bonds. The van der Waals surface area contributed by atoms with E-state index in [1.807, 2.05) is 42.5 Å². The van der Waals surface area contributed by atoms with Gasteiger partial charge in [-0.1, -0.05) is 30.3 Å². The number of carbonyl (C=O) groups excluding carboxylic acids is 2. The van der Waals surface area contributed by atoms with E-state index in [1.54, 1.807) is 29.3 Å². The number of hydrogen-bond acceptors (Lipinski definition) is 4. The SMILES string of the molecule is O=C1NCCCC[C@@H]1N(Cc1ccc(OCc2ccccn2)cc1)C(=O)/C=C/c1cccc(F)c1. The van der Waals surface area contributed by atoms with Crippen LogP contribution in [0.2, 0.25) is 0 Å². The average molecular weight is 474 g/mol. The summed E-state index contributed by atoms with van der Waals surface area (Å²) in [6.45, 7) is 1.24. The third-order valence-electron chi connectivity index (χ3n) is 5.82. The summed E-state index contributed by atoms with van der Waals surface area (Å²) in [6, 6.07) is 18.6. The van der Waals surface area contributed by atoms with Crippen molar-refractivity contribution in [3.05, 3.63) is 102 Å². The molecule has 2 heterocycles. The van der Waals surface area contributed by atoms with Crippen molar-refractivity contribution in [3.63, 3.8) is 0 Å². The van der Waals surface area contributed by atoms with Crippen LogP contribution in [0.15, 0.2) is 79.0 Å². The van der Waals surface area contributed by atoms with Crippen LogP contribution in [0.4, 0.5) is 4.39 Å². The fourth-order valence-electron chi connectivity index (χ4n) is 3.96. The summed E-state index contributed by atoms with van der Waals surface area (Å²) < 4.78 is 19.3. The first-order valence-electron chi connectivity index (χ1n) is 11.7. The monoisotopic (exact) mass is 473 g/mol. The van der Waals surface area contributed by atoms with E-state index in [9.17, 15) is 14.0 Å². The smallest absolute Gasteiger partial charge is 0.247 e. The number of carbonyl (C=O) groups is 2. The molecule has 1 aromatic heterocycles. The van der Waals surface area contributed by atoms with Crippen LogP contribution in [0.25, 0.3) is 6.08 Å². The van der Waals surface area contributed by atoms with Crippen molar-refractivity contribution < 1.29 is 18.7 Å². The largest absolute Gasteiger partial charge is 0.487 e. The fraction of sp³-hybridized carbons (Fsp3) is 0.250. The zero-order valence-electron chi connectivity index (χ0n) is 19.4. The minimum absolute atomic E-state index is 0.148. The van der Waals surface area contributed by atoms with Gasteiger partial charge in [0.2, 0.25) is 11.8 Å². The van der Waals surface area contributed by atoms with E-state index in [4.69, 9.17) is 4.74 Å². The number of nitrogens with one attached hydrogen (secondary N) is 1. The van der Waals surface area contributed by atoms with Gasteiger partial charge < -0.3 is 15.0 Å². The van der Waals surface area contributed by atoms with Gasteiger partial charge in [-0.2, -0.15) is 0 Å². The second-order valence-corrected chi connectivity index (χ2v) is 8.41. The number of pyridine rings is 1. The molecule has 0 bridgehead atoms. The van der Waals surface area contributed by atoms with Gasteiger partial charge in [-0.15, -0.1) is 0 Å². The minimum atomic E-state index is -0.567. The topological polar surface area (TPSA) is 71.5 Å². The summed E-state index contributed by atoms with van der Waals surface area (Å²) in [5, 5.41) is 2.91. The van der Waals surface area contributed by atoms with Crippen molar-refractivity contribution in [2.45, 2.75) is 38.5 Å². The molecule has 6 nitrogen and oxygen atoms in total. The highest BCUT2D eigenvalue weighted by Gasteiger charge is 2.29. The van der Waals surface area contributed by atoms with Crippen molar-refractivity contribution in [2.75, 3.05) is 6.54 Å².